The van der Waals surface area contributed by atoms with Crippen LogP contribution in [0.1, 0.15) is 23.5 Å². The van der Waals surface area contributed by atoms with Gasteiger partial charge in [0.25, 0.3) is 0 Å². The Balaban J connectivity index is 2.03. The van der Waals surface area contributed by atoms with Gasteiger partial charge >= 0.3 is 11.8 Å². The Morgan fingerprint density at radius 3 is 2.55 bits per heavy atom. The molecule has 0 unspecified atom stereocenters. The Morgan fingerprint density at radius 2 is 2.00 bits per heavy atom. The van der Waals surface area contributed by atoms with Gasteiger partial charge in [-0.15, -0.1) is 11.3 Å². The highest BCUT2D eigenvalue weighted by Crippen LogP contribution is 2.22. The molecule has 0 atom stereocenters. The lowest BCUT2D eigenvalue weighted by Crippen LogP contribution is -2.57. The van der Waals surface area contributed by atoms with Gasteiger partial charge in [-0.3, -0.25) is 14.4 Å². The molecule has 0 aromatic carbocycles. The summed E-state index contributed by atoms with van der Waals surface area (Å²) in [6.07, 6.45) is 0. The summed E-state index contributed by atoms with van der Waals surface area (Å²) in [5.74, 6) is -1.34. The first kappa shape index (κ1) is 15.0. The summed E-state index contributed by atoms with van der Waals surface area (Å²) < 4.78 is 0.528. The molecule has 1 saturated heterocycles. The summed E-state index contributed by atoms with van der Waals surface area (Å²) in [7, 11) is 0. The second-order valence-corrected chi connectivity index (χ2v) is 6.56. The van der Waals surface area contributed by atoms with E-state index in [0.717, 1.165) is 0 Å². The van der Waals surface area contributed by atoms with Gasteiger partial charge in [-0.25, -0.2) is 0 Å². The number of amides is 2. The monoisotopic (exact) mass is 314 g/mol. The topological polar surface area (TPSA) is 57.7 Å². The molecule has 0 saturated carbocycles. The van der Waals surface area contributed by atoms with Crippen LogP contribution in [0.3, 0.4) is 0 Å². The number of rotatable bonds is 4. The fourth-order valence-electron chi connectivity index (χ4n) is 2.05. The van der Waals surface area contributed by atoms with Crippen LogP contribution in [0.25, 0.3) is 0 Å². The van der Waals surface area contributed by atoms with Crippen LogP contribution < -0.4 is 0 Å². The number of nitrogens with zero attached hydrogens (tertiary/aromatic N) is 2. The maximum atomic E-state index is 12.0. The molecule has 5 nitrogen and oxygen atoms in total. The molecular weight excluding hydrogens is 300 g/mol. The molecule has 0 spiro atoms. The van der Waals surface area contributed by atoms with Gasteiger partial charge < -0.3 is 9.80 Å². The normalized spacial score (nSPS) is 16.2. The van der Waals surface area contributed by atoms with Crippen molar-refractivity contribution in [1.29, 1.82) is 0 Å². The quantitative estimate of drug-likeness (QED) is 0.627. The zero-order chi connectivity index (χ0) is 14.9. The molecule has 0 N–H and O–H groups in total. The molecule has 108 valence electrons. The van der Waals surface area contributed by atoms with Crippen LogP contribution in [0, 0.1) is 0 Å². The van der Waals surface area contributed by atoms with Crippen LogP contribution in [0.2, 0.25) is 4.34 Å². The van der Waals surface area contributed by atoms with E-state index in [0.29, 0.717) is 22.3 Å². The largest absolute Gasteiger partial charge is 0.330 e. The summed E-state index contributed by atoms with van der Waals surface area (Å²) >= 11 is 6.95. The number of halogens is 1. The molecule has 2 rings (SSSR count). The number of thiophene rings is 1. The maximum absolute atomic E-state index is 12.0. The first-order valence-corrected chi connectivity index (χ1v) is 7.48. The first-order chi connectivity index (χ1) is 9.40. The van der Waals surface area contributed by atoms with E-state index in [2.05, 4.69) is 0 Å². The molecule has 20 heavy (non-hydrogen) atoms. The summed E-state index contributed by atoms with van der Waals surface area (Å²) in [5, 5.41) is 0. The Bertz CT molecular complexity index is 556. The van der Waals surface area contributed by atoms with Gasteiger partial charge in [0.1, 0.15) is 0 Å². The SMILES string of the molecule is CC(C)N1CCN(CC(=O)c2ccc(Cl)s2)C(=O)C1=O. The van der Waals surface area contributed by atoms with E-state index in [4.69, 9.17) is 11.6 Å². The number of piperazine rings is 1. The van der Waals surface area contributed by atoms with Crippen LogP contribution in [0.4, 0.5) is 0 Å². The van der Waals surface area contributed by atoms with Crippen LogP contribution >= 0.6 is 22.9 Å². The van der Waals surface area contributed by atoms with Crippen molar-refractivity contribution in [3.63, 3.8) is 0 Å². The summed E-state index contributed by atoms with van der Waals surface area (Å²) in [6.45, 7) is 4.49. The predicted octanol–water partition coefficient (Wildman–Crippen LogP) is 1.66. The lowest BCUT2D eigenvalue weighted by molar-refractivity contribution is -0.156. The van der Waals surface area contributed by atoms with Gasteiger partial charge in [0.05, 0.1) is 15.8 Å². The van der Waals surface area contributed by atoms with Crippen molar-refractivity contribution < 1.29 is 14.4 Å². The summed E-state index contributed by atoms with van der Waals surface area (Å²) in [4.78, 5) is 39.2. The van der Waals surface area contributed by atoms with Crippen molar-refractivity contribution in [1.82, 2.24) is 9.80 Å². The zero-order valence-corrected chi connectivity index (χ0v) is 12.8. The van der Waals surface area contributed by atoms with E-state index >= 15 is 0 Å². The van der Waals surface area contributed by atoms with Gasteiger partial charge in [-0.05, 0) is 26.0 Å². The Morgan fingerprint density at radius 1 is 1.30 bits per heavy atom. The molecule has 0 aliphatic carbocycles. The highest BCUT2D eigenvalue weighted by molar-refractivity contribution is 7.18. The van der Waals surface area contributed by atoms with E-state index in [1.807, 2.05) is 13.8 Å². The number of ketones is 1. The minimum absolute atomic E-state index is 0.0135. The van der Waals surface area contributed by atoms with E-state index < -0.39 is 11.8 Å². The third-order valence-electron chi connectivity index (χ3n) is 3.15. The van der Waals surface area contributed by atoms with Crippen molar-refractivity contribution in [3.05, 3.63) is 21.3 Å². The smallest absolute Gasteiger partial charge is 0.312 e. The number of hydrogen-bond donors (Lipinski definition) is 0. The number of hydrogen-bond acceptors (Lipinski definition) is 4. The van der Waals surface area contributed by atoms with Gasteiger partial charge in [0.15, 0.2) is 5.78 Å². The van der Waals surface area contributed by atoms with E-state index in [1.54, 1.807) is 12.1 Å². The van der Waals surface area contributed by atoms with Crippen molar-refractivity contribution in [3.8, 4) is 0 Å². The summed E-state index contributed by atoms with van der Waals surface area (Å²) in [5.41, 5.74) is 0. The van der Waals surface area contributed by atoms with Crippen molar-refractivity contribution in [2.45, 2.75) is 19.9 Å². The average molecular weight is 315 g/mol. The molecule has 2 amide bonds. The van der Waals surface area contributed by atoms with Crippen LogP contribution in [-0.2, 0) is 9.59 Å². The number of Topliss-reactive ketones (excluding diaryl/α,β-unsaturated/α-hetero) is 1. The molecule has 0 bridgehead atoms. The molecular formula is C13H15ClN2O3S. The number of carbonyl (C=O) groups excluding carboxylic acids is 3. The second kappa shape index (κ2) is 5.93. The third kappa shape index (κ3) is 3.02. The Hall–Kier alpha value is -1.40. The molecule has 1 aromatic rings. The van der Waals surface area contributed by atoms with Gasteiger partial charge in [-0.2, -0.15) is 0 Å². The lowest BCUT2D eigenvalue weighted by atomic mass is 10.2. The van der Waals surface area contributed by atoms with Crippen molar-refractivity contribution in [2.75, 3.05) is 19.6 Å². The molecule has 1 aromatic heterocycles. The Labute approximate surface area is 126 Å². The predicted molar refractivity (Wildman–Crippen MR) is 77.1 cm³/mol. The standard InChI is InChI=1S/C13H15ClN2O3S/c1-8(2)16-6-5-15(12(18)13(16)19)7-9(17)10-3-4-11(14)20-10/h3-4,8H,5-7H2,1-2H3. The van der Waals surface area contributed by atoms with Crippen molar-refractivity contribution in [2.24, 2.45) is 0 Å². The third-order valence-corrected chi connectivity index (χ3v) is 4.42. The Kier molecular flexibility index (Phi) is 4.45. The molecule has 1 aliphatic heterocycles. The lowest BCUT2D eigenvalue weighted by Gasteiger charge is -2.35. The van der Waals surface area contributed by atoms with Crippen LogP contribution in [0.5, 0.6) is 0 Å². The van der Waals surface area contributed by atoms with Crippen LogP contribution in [0.15, 0.2) is 12.1 Å². The molecule has 1 fully saturated rings. The number of carbonyl (C=O) groups is 3. The summed E-state index contributed by atoms with van der Waals surface area (Å²) in [6, 6.07) is 3.26. The zero-order valence-electron chi connectivity index (χ0n) is 11.3. The molecule has 0 radical (unpaired) electrons. The van der Waals surface area contributed by atoms with E-state index in [9.17, 15) is 14.4 Å². The minimum Gasteiger partial charge on any atom is -0.330 e. The highest BCUT2D eigenvalue weighted by atomic mass is 35.5. The first-order valence-electron chi connectivity index (χ1n) is 6.28. The van der Waals surface area contributed by atoms with Crippen LogP contribution in [-0.4, -0.2) is 53.1 Å². The van der Waals surface area contributed by atoms with Gasteiger partial charge in [0, 0.05) is 19.1 Å². The molecule has 7 heteroatoms. The fraction of sp³-hybridized carbons (Fsp3) is 0.462. The van der Waals surface area contributed by atoms with E-state index in [1.165, 1.54) is 21.1 Å². The van der Waals surface area contributed by atoms with E-state index in [-0.39, 0.29) is 18.4 Å². The maximum Gasteiger partial charge on any atom is 0.312 e. The highest BCUT2D eigenvalue weighted by Gasteiger charge is 2.34. The molecule has 2 heterocycles. The minimum atomic E-state index is -0.610. The second-order valence-electron chi connectivity index (χ2n) is 4.85. The molecule has 1 aliphatic rings. The fourth-order valence-corrected chi connectivity index (χ4v) is 3.02. The van der Waals surface area contributed by atoms with Gasteiger partial charge in [0.2, 0.25) is 0 Å². The average Bonchev–Trinajstić information content (AvgIpc) is 2.81. The van der Waals surface area contributed by atoms with Gasteiger partial charge in [-0.1, -0.05) is 11.6 Å². The van der Waals surface area contributed by atoms with Crippen molar-refractivity contribution >= 4 is 40.5 Å².